The first-order valence-electron chi connectivity index (χ1n) is 10.2. The third-order valence-electron chi connectivity index (χ3n) is 4.59. The van der Waals surface area contributed by atoms with Crippen molar-refractivity contribution in [1.82, 2.24) is 0 Å². The number of rotatable bonds is 8. The molecule has 1 N–H and O–H groups in total. The number of nitrogens with zero attached hydrogens (tertiary/aromatic N) is 1. The van der Waals surface area contributed by atoms with Crippen LogP contribution in [0.2, 0.25) is 0 Å². The summed E-state index contributed by atoms with van der Waals surface area (Å²) < 4.78 is 33.9. The fourth-order valence-corrected chi connectivity index (χ4v) is 5.06. The van der Waals surface area contributed by atoms with Crippen LogP contribution in [0.5, 0.6) is 5.75 Å². The SMILES string of the molecule is CCN(c1ccccc1)S(=O)(=O)c1ccc(NC(=O)c2ccc(OC(C)C)c(Br)c2)cc1. The van der Waals surface area contributed by atoms with Crippen LogP contribution in [0.15, 0.2) is 82.2 Å². The highest BCUT2D eigenvalue weighted by Gasteiger charge is 2.23. The van der Waals surface area contributed by atoms with Crippen molar-refractivity contribution in [3.8, 4) is 5.75 Å². The van der Waals surface area contributed by atoms with Gasteiger partial charge in [-0.25, -0.2) is 8.42 Å². The monoisotopic (exact) mass is 516 g/mol. The van der Waals surface area contributed by atoms with Crippen molar-refractivity contribution < 1.29 is 17.9 Å². The van der Waals surface area contributed by atoms with Gasteiger partial charge in [0.2, 0.25) is 0 Å². The molecular weight excluding hydrogens is 492 g/mol. The van der Waals surface area contributed by atoms with Crippen molar-refractivity contribution in [1.29, 1.82) is 0 Å². The number of carbonyl (C=O) groups is 1. The van der Waals surface area contributed by atoms with E-state index in [2.05, 4.69) is 21.2 Å². The lowest BCUT2D eigenvalue weighted by Crippen LogP contribution is -2.30. The minimum absolute atomic E-state index is 0.0197. The molecule has 8 heteroatoms. The van der Waals surface area contributed by atoms with Crippen LogP contribution in [-0.4, -0.2) is 27.0 Å². The van der Waals surface area contributed by atoms with Crippen LogP contribution in [0, 0.1) is 0 Å². The maximum Gasteiger partial charge on any atom is 0.264 e. The van der Waals surface area contributed by atoms with Gasteiger partial charge in [0.05, 0.1) is 21.2 Å². The summed E-state index contributed by atoms with van der Waals surface area (Å²) in [6, 6.07) is 20.2. The Morgan fingerprint density at radius 3 is 2.25 bits per heavy atom. The summed E-state index contributed by atoms with van der Waals surface area (Å²) in [4.78, 5) is 12.8. The van der Waals surface area contributed by atoms with Gasteiger partial charge in [0.15, 0.2) is 0 Å². The van der Waals surface area contributed by atoms with E-state index < -0.39 is 10.0 Å². The number of sulfonamides is 1. The molecule has 0 saturated carbocycles. The molecule has 3 aromatic carbocycles. The van der Waals surface area contributed by atoms with Crippen LogP contribution in [-0.2, 0) is 10.0 Å². The predicted octanol–water partition coefficient (Wildman–Crippen LogP) is 5.70. The van der Waals surface area contributed by atoms with E-state index >= 15 is 0 Å². The second kappa shape index (κ2) is 10.2. The summed E-state index contributed by atoms with van der Waals surface area (Å²) in [6.45, 7) is 5.94. The lowest BCUT2D eigenvalue weighted by Gasteiger charge is -2.23. The van der Waals surface area contributed by atoms with Crippen LogP contribution in [0.25, 0.3) is 0 Å². The lowest BCUT2D eigenvalue weighted by molar-refractivity contribution is 0.102. The first kappa shape index (κ1) is 23.8. The smallest absolute Gasteiger partial charge is 0.264 e. The molecule has 0 fully saturated rings. The van der Waals surface area contributed by atoms with Gasteiger partial charge >= 0.3 is 0 Å². The molecule has 0 aliphatic heterocycles. The number of hydrogen-bond donors (Lipinski definition) is 1. The summed E-state index contributed by atoms with van der Waals surface area (Å²) in [5, 5.41) is 2.79. The normalized spacial score (nSPS) is 11.3. The molecule has 0 radical (unpaired) electrons. The molecule has 0 saturated heterocycles. The van der Waals surface area contributed by atoms with Crippen LogP contribution >= 0.6 is 15.9 Å². The van der Waals surface area contributed by atoms with E-state index in [1.165, 1.54) is 16.4 Å². The second-order valence-electron chi connectivity index (χ2n) is 7.30. The topological polar surface area (TPSA) is 75.7 Å². The number of para-hydroxylation sites is 1. The van der Waals surface area contributed by atoms with E-state index in [4.69, 9.17) is 4.74 Å². The Labute approximate surface area is 197 Å². The van der Waals surface area contributed by atoms with Crippen molar-refractivity contribution in [3.63, 3.8) is 0 Å². The number of halogens is 1. The minimum Gasteiger partial charge on any atom is -0.490 e. The quantitative estimate of drug-likeness (QED) is 0.416. The van der Waals surface area contributed by atoms with Crippen molar-refractivity contribution >= 4 is 43.2 Å². The van der Waals surface area contributed by atoms with Crippen molar-refractivity contribution in [2.45, 2.75) is 31.8 Å². The number of ether oxygens (including phenoxy) is 1. The number of nitrogens with one attached hydrogen (secondary N) is 1. The molecule has 1 amide bonds. The molecule has 0 atom stereocenters. The van der Waals surface area contributed by atoms with Crippen molar-refractivity contribution in [2.24, 2.45) is 0 Å². The summed E-state index contributed by atoms with van der Waals surface area (Å²) in [5.41, 5.74) is 1.55. The van der Waals surface area contributed by atoms with Gasteiger partial charge in [-0.05, 0) is 91.3 Å². The number of hydrogen-bond acceptors (Lipinski definition) is 4. The van der Waals surface area contributed by atoms with Gasteiger partial charge in [0, 0.05) is 17.8 Å². The summed E-state index contributed by atoms with van der Waals surface area (Å²) in [7, 11) is -3.72. The first-order chi connectivity index (χ1) is 15.2. The van der Waals surface area contributed by atoms with Gasteiger partial charge in [-0.3, -0.25) is 9.10 Å². The highest BCUT2D eigenvalue weighted by atomic mass is 79.9. The van der Waals surface area contributed by atoms with Gasteiger partial charge in [0.25, 0.3) is 15.9 Å². The predicted molar refractivity (Wildman–Crippen MR) is 131 cm³/mol. The van der Waals surface area contributed by atoms with Crippen molar-refractivity contribution in [3.05, 3.63) is 82.8 Å². The molecule has 3 rings (SSSR count). The molecule has 0 spiro atoms. The number of anilines is 2. The Kier molecular flexibility index (Phi) is 7.58. The molecule has 32 heavy (non-hydrogen) atoms. The number of carbonyl (C=O) groups excluding carboxylic acids is 1. The number of benzene rings is 3. The molecule has 0 unspecified atom stereocenters. The van der Waals surface area contributed by atoms with Crippen molar-refractivity contribution in [2.75, 3.05) is 16.2 Å². The standard InChI is InChI=1S/C24H25BrN2O4S/c1-4-27(20-8-6-5-7-9-20)32(29,30)21-13-11-19(12-14-21)26-24(28)18-10-15-23(22(25)16-18)31-17(2)3/h5-17H,4H2,1-3H3,(H,26,28). The molecule has 6 nitrogen and oxygen atoms in total. The zero-order valence-corrected chi connectivity index (χ0v) is 20.5. The largest absolute Gasteiger partial charge is 0.490 e. The van der Waals surface area contributed by atoms with Gasteiger partial charge in [0.1, 0.15) is 5.75 Å². The highest BCUT2D eigenvalue weighted by Crippen LogP contribution is 2.28. The third kappa shape index (κ3) is 5.49. The van der Waals surface area contributed by atoms with E-state index in [1.54, 1.807) is 61.5 Å². The lowest BCUT2D eigenvalue weighted by atomic mass is 10.2. The van der Waals surface area contributed by atoms with E-state index in [-0.39, 0.29) is 16.9 Å². The number of amides is 1. The second-order valence-corrected chi connectivity index (χ2v) is 10.0. The van der Waals surface area contributed by atoms with Crippen LogP contribution in [0.4, 0.5) is 11.4 Å². The average Bonchev–Trinajstić information content (AvgIpc) is 2.76. The molecule has 0 aromatic heterocycles. The summed E-state index contributed by atoms with van der Waals surface area (Å²) >= 11 is 3.42. The zero-order valence-electron chi connectivity index (χ0n) is 18.1. The fourth-order valence-electron chi connectivity index (χ4n) is 3.12. The molecule has 3 aromatic rings. The van der Waals surface area contributed by atoms with E-state index in [9.17, 15) is 13.2 Å². The van der Waals surface area contributed by atoms with Gasteiger partial charge in [-0.1, -0.05) is 18.2 Å². The van der Waals surface area contributed by atoms with Gasteiger partial charge < -0.3 is 10.1 Å². The molecular formula is C24H25BrN2O4S. The maximum absolute atomic E-state index is 13.1. The Hall–Kier alpha value is -2.84. The van der Waals surface area contributed by atoms with Crippen LogP contribution in [0.3, 0.4) is 0 Å². The molecule has 0 aliphatic carbocycles. The Bertz CT molecular complexity index is 1180. The maximum atomic E-state index is 13.1. The average molecular weight is 517 g/mol. The molecule has 0 heterocycles. The van der Waals surface area contributed by atoms with E-state index in [0.29, 0.717) is 33.7 Å². The summed E-state index contributed by atoms with van der Waals surface area (Å²) in [5.74, 6) is 0.349. The zero-order chi connectivity index (χ0) is 23.3. The molecule has 168 valence electrons. The molecule has 0 bridgehead atoms. The summed E-state index contributed by atoms with van der Waals surface area (Å²) in [6.07, 6.45) is 0.0197. The minimum atomic E-state index is -3.72. The first-order valence-corrected chi connectivity index (χ1v) is 12.4. The van der Waals surface area contributed by atoms with E-state index in [0.717, 1.165) is 0 Å². The van der Waals surface area contributed by atoms with E-state index in [1.807, 2.05) is 19.9 Å². The fraction of sp³-hybridized carbons (Fsp3) is 0.208. The Morgan fingerprint density at radius 2 is 1.69 bits per heavy atom. The van der Waals surface area contributed by atoms with Crippen LogP contribution < -0.4 is 14.4 Å². The van der Waals surface area contributed by atoms with Gasteiger partial charge in [-0.15, -0.1) is 0 Å². The highest BCUT2D eigenvalue weighted by molar-refractivity contribution is 9.10. The Morgan fingerprint density at radius 1 is 1.03 bits per heavy atom. The Balaban J connectivity index is 1.75. The molecule has 0 aliphatic rings. The van der Waals surface area contributed by atoms with Crippen LogP contribution in [0.1, 0.15) is 31.1 Å². The van der Waals surface area contributed by atoms with Gasteiger partial charge in [-0.2, -0.15) is 0 Å². The third-order valence-corrected chi connectivity index (χ3v) is 7.13.